The third-order valence-corrected chi connectivity index (χ3v) is 4.60. The minimum absolute atomic E-state index is 0.0528. The third-order valence-electron chi connectivity index (χ3n) is 4.60. The molecule has 1 aromatic heterocycles. The van der Waals surface area contributed by atoms with Crippen molar-refractivity contribution in [3.63, 3.8) is 0 Å². The molecule has 6 heteroatoms. The number of hydrogen-bond acceptors (Lipinski definition) is 5. The number of nitrogens with zero attached hydrogens (tertiary/aromatic N) is 2. The Morgan fingerprint density at radius 2 is 1.80 bits per heavy atom. The molecule has 1 aliphatic heterocycles. The van der Waals surface area contributed by atoms with Crippen molar-refractivity contribution >= 4 is 5.91 Å². The van der Waals surface area contributed by atoms with Crippen LogP contribution in [0.3, 0.4) is 0 Å². The number of hydrogen-bond donors (Lipinski definition) is 0. The van der Waals surface area contributed by atoms with Crippen LogP contribution >= 0.6 is 0 Å². The summed E-state index contributed by atoms with van der Waals surface area (Å²) in [5.74, 6) is 2.20. The van der Waals surface area contributed by atoms with Gasteiger partial charge in [0.25, 0.3) is 5.91 Å². The molecule has 0 radical (unpaired) electrons. The molecular weight excluding hydrogens is 320 g/mol. The molecule has 3 rings (SSSR count). The standard InChI is InChI=1S/C19H24N2O4/c1-14-16(6-11-25-14)19(22)21-9-7-20(8-10-21)13-15-4-5-17(23-2)18(12-15)24-3/h4-6,11-12H,7-10,13H2,1-3H3. The Labute approximate surface area is 147 Å². The van der Waals surface area contributed by atoms with Gasteiger partial charge in [0.15, 0.2) is 11.5 Å². The fourth-order valence-electron chi connectivity index (χ4n) is 3.12. The first-order valence-electron chi connectivity index (χ1n) is 8.39. The van der Waals surface area contributed by atoms with E-state index in [1.54, 1.807) is 26.5 Å². The highest BCUT2D eigenvalue weighted by Gasteiger charge is 2.24. The van der Waals surface area contributed by atoms with E-state index in [-0.39, 0.29) is 5.91 Å². The normalized spacial score (nSPS) is 15.2. The molecule has 1 amide bonds. The summed E-state index contributed by atoms with van der Waals surface area (Å²) in [5.41, 5.74) is 1.83. The first kappa shape index (κ1) is 17.4. The highest BCUT2D eigenvalue weighted by atomic mass is 16.5. The van der Waals surface area contributed by atoms with Crippen LogP contribution in [0, 0.1) is 6.92 Å². The number of carbonyl (C=O) groups is 1. The molecule has 134 valence electrons. The van der Waals surface area contributed by atoms with E-state index in [1.165, 1.54) is 5.56 Å². The van der Waals surface area contributed by atoms with Crippen molar-refractivity contribution in [2.24, 2.45) is 0 Å². The lowest BCUT2D eigenvalue weighted by molar-refractivity contribution is 0.0626. The first-order chi connectivity index (χ1) is 12.1. The van der Waals surface area contributed by atoms with Crippen LogP contribution in [0.15, 0.2) is 34.9 Å². The Kier molecular flexibility index (Phi) is 5.28. The molecule has 2 aromatic rings. The molecule has 0 aliphatic carbocycles. The lowest BCUT2D eigenvalue weighted by atomic mass is 10.1. The van der Waals surface area contributed by atoms with Gasteiger partial charge in [0.2, 0.25) is 0 Å². The van der Waals surface area contributed by atoms with Crippen molar-refractivity contribution < 1.29 is 18.7 Å². The predicted octanol–water partition coefficient (Wildman–Crippen LogP) is 2.56. The Balaban J connectivity index is 1.58. The third kappa shape index (κ3) is 3.79. The van der Waals surface area contributed by atoms with Crippen molar-refractivity contribution in [1.29, 1.82) is 0 Å². The zero-order valence-electron chi connectivity index (χ0n) is 14.9. The maximum Gasteiger partial charge on any atom is 0.257 e. The monoisotopic (exact) mass is 344 g/mol. The van der Waals surface area contributed by atoms with E-state index < -0.39 is 0 Å². The van der Waals surface area contributed by atoms with Gasteiger partial charge >= 0.3 is 0 Å². The van der Waals surface area contributed by atoms with Gasteiger partial charge in [-0.15, -0.1) is 0 Å². The number of furan rings is 1. The second-order valence-electron chi connectivity index (χ2n) is 6.15. The Morgan fingerprint density at radius 1 is 1.08 bits per heavy atom. The molecule has 0 N–H and O–H groups in total. The maximum atomic E-state index is 12.5. The fourth-order valence-corrected chi connectivity index (χ4v) is 3.12. The molecule has 0 unspecified atom stereocenters. The number of amides is 1. The lowest BCUT2D eigenvalue weighted by Crippen LogP contribution is -2.48. The van der Waals surface area contributed by atoms with Crippen molar-refractivity contribution in [2.75, 3.05) is 40.4 Å². The molecule has 25 heavy (non-hydrogen) atoms. The van der Waals surface area contributed by atoms with Crippen LogP contribution in [0.4, 0.5) is 0 Å². The van der Waals surface area contributed by atoms with E-state index in [2.05, 4.69) is 4.90 Å². The van der Waals surface area contributed by atoms with Crippen molar-refractivity contribution in [3.8, 4) is 11.5 Å². The molecule has 1 fully saturated rings. The molecule has 1 aliphatic rings. The van der Waals surface area contributed by atoms with E-state index in [0.717, 1.165) is 44.2 Å². The predicted molar refractivity (Wildman–Crippen MR) is 94.2 cm³/mol. The van der Waals surface area contributed by atoms with E-state index in [1.807, 2.05) is 30.0 Å². The van der Waals surface area contributed by atoms with E-state index >= 15 is 0 Å². The summed E-state index contributed by atoms with van der Waals surface area (Å²) in [4.78, 5) is 16.8. The van der Waals surface area contributed by atoms with Crippen LogP contribution < -0.4 is 9.47 Å². The summed E-state index contributed by atoms with van der Waals surface area (Å²) in [6.45, 7) is 5.77. The minimum atomic E-state index is 0.0528. The molecule has 0 bridgehead atoms. The highest BCUT2D eigenvalue weighted by molar-refractivity contribution is 5.95. The molecule has 6 nitrogen and oxygen atoms in total. The van der Waals surface area contributed by atoms with Crippen LogP contribution in [0.5, 0.6) is 11.5 Å². The molecular formula is C19H24N2O4. The number of aryl methyl sites for hydroxylation is 1. The topological polar surface area (TPSA) is 55.2 Å². The zero-order valence-corrected chi connectivity index (χ0v) is 14.9. The number of carbonyl (C=O) groups excluding carboxylic acids is 1. The zero-order chi connectivity index (χ0) is 17.8. The largest absolute Gasteiger partial charge is 0.493 e. The van der Waals surface area contributed by atoms with Crippen molar-refractivity contribution in [3.05, 3.63) is 47.4 Å². The highest BCUT2D eigenvalue weighted by Crippen LogP contribution is 2.28. The van der Waals surface area contributed by atoms with Crippen LogP contribution in [0.25, 0.3) is 0 Å². The summed E-state index contributed by atoms with van der Waals surface area (Å²) in [5, 5.41) is 0. The van der Waals surface area contributed by atoms with Gasteiger partial charge in [0, 0.05) is 32.7 Å². The second kappa shape index (κ2) is 7.61. The molecule has 0 atom stereocenters. The van der Waals surface area contributed by atoms with E-state index in [9.17, 15) is 4.79 Å². The summed E-state index contributed by atoms with van der Waals surface area (Å²) in [7, 11) is 3.28. The number of rotatable bonds is 5. The maximum absolute atomic E-state index is 12.5. The average Bonchev–Trinajstić information content (AvgIpc) is 3.07. The Hall–Kier alpha value is -2.47. The fraction of sp³-hybridized carbons (Fsp3) is 0.421. The lowest BCUT2D eigenvalue weighted by Gasteiger charge is -2.34. The van der Waals surface area contributed by atoms with Crippen molar-refractivity contribution in [1.82, 2.24) is 9.80 Å². The first-order valence-corrected chi connectivity index (χ1v) is 8.39. The van der Waals surface area contributed by atoms with Gasteiger partial charge in [-0.05, 0) is 30.7 Å². The Bertz CT molecular complexity index is 733. The van der Waals surface area contributed by atoms with Crippen molar-refractivity contribution in [2.45, 2.75) is 13.5 Å². The molecule has 2 heterocycles. The van der Waals surface area contributed by atoms with Gasteiger partial charge in [-0.1, -0.05) is 6.07 Å². The second-order valence-corrected chi connectivity index (χ2v) is 6.15. The number of methoxy groups -OCH3 is 2. The summed E-state index contributed by atoms with van der Waals surface area (Å²) in [6.07, 6.45) is 1.57. The molecule has 1 saturated heterocycles. The van der Waals surface area contributed by atoms with Gasteiger partial charge in [0.1, 0.15) is 5.76 Å². The van der Waals surface area contributed by atoms with Crippen LogP contribution in [0.2, 0.25) is 0 Å². The van der Waals surface area contributed by atoms with Gasteiger partial charge in [-0.3, -0.25) is 9.69 Å². The smallest absolute Gasteiger partial charge is 0.257 e. The average molecular weight is 344 g/mol. The quantitative estimate of drug-likeness (QED) is 0.834. The van der Waals surface area contributed by atoms with E-state index in [0.29, 0.717) is 11.3 Å². The van der Waals surface area contributed by atoms with Crippen LogP contribution in [0.1, 0.15) is 21.7 Å². The molecule has 1 aromatic carbocycles. The number of piperazine rings is 1. The van der Waals surface area contributed by atoms with Gasteiger partial charge < -0.3 is 18.8 Å². The van der Waals surface area contributed by atoms with E-state index in [4.69, 9.17) is 13.9 Å². The SMILES string of the molecule is COc1ccc(CN2CCN(C(=O)c3ccoc3C)CC2)cc1OC. The minimum Gasteiger partial charge on any atom is -0.493 e. The number of benzene rings is 1. The van der Waals surface area contributed by atoms with Gasteiger partial charge in [-0.25, -0.2) is 0 Å². The number of ether oxygens (including phenoxy) is 2. The van der Waals surface area contributed by atoms with Gasteiger partial charge in [0.05, 0.1) is 26.0 Å². The summed E-state index contributed by atoms with van der Waals surface area (Å²) >= 11 is 0. The van der Waals surface area contributed by atoms with Crippen LogP contribution in [-0.2, 0) is 6.54 Å². The molecule has 0 spiro atoms. The summed E-state index contributed by atoms with van der Waals surface area (Å²) in [6, 6.07) is 7.72. The molecule has 0 saturated carbocycles. The summed E-state index contributed by atoms with van der Waals surface area (Å²) < 4.78 is 15.9. The van der Waals surface area contributed by atoms with Gasteiger partial charge in [-0.2, -0.15) is 0 Å². The van der Waals surface area contributed by atoms with Crippen LogP contribution in [-0.4, -0.2) is 56.1 Å². The Morgan fingerprint density at radius 3 is 2.40 bits per heavy atom.